The lowest BCUT2D eigenvalue weighted by Crippen LogP contribution is -2.43. The van der Waals surface area contributed by atoms with Crippen LogP contribution in [0, 0.1) is 6.92 Å². The molecular formula is C24H37N4OS+. The van der Waals surface area contributed by atoms with E-state index in [9.17, 15) is 0 Å². The van der Waals surface area contributed by atoms with Gasteiger partial charge in [0.2, 0.25) is 11.8 Å². The van der Waals surface area contributed by atoms with Gasteiger partial charge in [-0.1, -0.05) is 19.9 Å². The topological polar surface area (TPSA) is 38.2 Å². The Hall–Kier alpha value is -1.79. The van der Waals surface area contributed by atoms with Crippen LogP contribution in [0.2, 0.25) is 0 Å². The number of ether oxygens (including phenoxy) is 1. The highest BCUT2D eigenvalue weighted by Crippen LogP contribution is 2.35. The van der Waals surface area contributed by atoms with Crippen molar-refractivity contribution in [3.8, 4) is 5.88 Å². The van der Waals surface area contributed by atoms with E-state index in [2.05, 4.69) is 57.2 Å². The molecule has 1 saturated heterocycles. The molecule has 1 aliphatic rings. The molecular weight excluding hydrogens is 392 g/mol. The van der Waals surface area contributed by atoms with Crippen LogP contribution in [0.15, 0.2) is 29.2 Å². The molecule has 0 bridgehead atoms. The third-order valence-corrected chi connectivity index (χ3v) is 6.83. The Kier molecular flexibility index (Phi) is 7.64. The normalized spacial score (nSPS) is 15.6. The maximum Gasteiger partial charge on any atom is 0.233 e. The molecule has 2 aromatic rings. The van der Waals surface area contributed by atoms with Gasteiger partial charge >= 0.3 is 0 Å². The van der Waals surface area contributed by atoms with Crippen molar-refractivity contribution in [2.24, 2.45) is 0 Å². The molecule has 0 amide bonds. The van der Waals surface area contributed by atoms with Crippen LogP contribution in [0.5, 0.6) is 5.88 Å². The Morgan fingerprint density at radius 1 is 1.17 bits per heavy atom. The van der Waals surface area contributed by atoms with E-state index in [-0.39, 0.29) is 0 Å². The first-order valence-electron chi connectivity index (χ1n) is 11.1. The van der Waals surface area contributed by atoms with Gasteiger partial charge in [0.25, 0.3) is 0 Å². The van der Waals surface area contributed by atoms with Crippen LogP contribution in [0.4, 0.5) is 11.6 Å². The van der Waals surface area contributed by atoms with E-state index in [4.69, 9.17) is 14.7 Å². The zero-order valence-corrected chi connectivity index (χ0v) is 20.3. The first-order valence-corrected chi connectivity index (χ1v) is 12.3. The Bertz CT molecular complexity index is 849. The summed E-state index contributed by atoms with van der Waals surface area (Å²) < 4.78 is 7.20. The first-order chi connectivity index (χ1) is 14.3. The van der Waals surface area contributed by atoms with Crippen molar-refractivity contribution in [1.82, 2.24) is 9.97 Å². The first kappa shape index (κ1) is 22.9. The van der Waals surface area contributed by atoms with Crippen molar-refractivity contribution < 1.29 is 9.22 Å². The van der Waals surface area contributed by atoms with Gasteiger partial charge in [-0.05, 0) is 43.7 Å². The summed E-state index contributed by atoms with van der Waals surface area (Å²) in [4.78, 5) is 12.9. The maximum atomic E-state index is 6.09. The number of hydrogen-bond donors (Lipinski definition) is 0. The molecule has 2 heterocycles. The van der Waals surface area contributed by atoms with Crippen LogP contribution >= 0.6 is 11.8 Å². The Labute approximate surface area is 186 Å². The van der Waals surface area contributed by atoms with Gasteiger partial charge < -0.3 is 14.1 Å². The number of likely N-dealkylation sites (N-methyl/N-ethyl adjacent to an activating group) is 1. The minimum atomic E-state index is 0.510. The van der Waals surface area contributed by atoms with Crippen LogP contribution < -0.4 is 9.64 Å². The average Bonchev–Trinajstić information content (AvgIpc) is 3.14. The lowest BCUT2D eigenvalue weighted by atomic mass is 10.0. The maximum absolute atomic E-state index is 6.09. The summed E-state index contributed by atoms with van der Waals surface area (Å²) in [5.74, 6) is 1.89. The van der Waals surface area contributed by atoms with Crippen molar-refractivity contribution in [2.75, 3.05) is 51.0 Å². The number of quaternary nitrogens is 1. The van der Waals surface area contributed by atoms with Crippen LogP contribution in [0.25, 0.3) is 0 Å². The second kappa shape index (κ2) is 10.0. The van der Waals surface area contributed by atoms with E-state index < -0.39 is 0 Å². The summed E-state index contributed by atoms with van der Waals surface area (Å²) >= 11 is 1.77. The molecule has 3 rings (SSSR count). The molecule has 5 nitrogen and oxygen atoms in total. The minimum absolute atomic E-state index is 0.510. The van der Waals surface area contributed by atoms with Gasteiger partial charge in [-0.15, -0.1) is 11.8 Å². The molecule has 1 aromatic carbocycles. The fourth-order valence-corrected chi connectivity index (χ4v) is 4.75. The van der Waals surface area contributed by atoms with E-state index in [0.29, 0.717) is 24.4 Å². The van der Waals surface area contributed by atoms with Crippen LogP contribution in [0.1, 0.15) is 50.8 Å². The SMILES string of the molecule is CCN(c1nc(C)cc(OCC[N+]2(C)CCCC2)n1)c1ccc(C(C)C)cc1SC. The summed E-state index contributed by atoms with van der Waals surface area (Å²) in [5, 5.41) is 0. The molecule has 0 N–H and O–H groups in total. The molecule has 0 unspecified atom stereocenters. The van der Waals surface area contributed by atoms with Gasteiger partial charge in [-0.25, -0.2) is 4.98 Å². The van der Waals surface area contributed by atoms with Gasteiger partial charge in [0, 0.05) is 36.0 Å². The quantitative estimate of drug-likeness (QED) is 0.394. The Morgan fingerprint density at radius 3 is 2.53 bits per heavy atom. The van der Waals surface area contributed by atoms with E-state index in [0.717, 1.165) is 29.0 Å². The van der Waals surface area contributed by atoms with Crippen molar-refractivity contribution in [3.63, 3.8) is 0 Å². The second-order valence-electron chi connectivity index (χ2n) is 8.82. The fraction of sp³-hybridized carbons (Fsp3) is 0.583. The molecule has 1 aliphatic heterocycles. The largest absolute Gasteiger partial charge is 0.472 e. The second-order valence-corrected chi connectivity index (χ2v) is 9.67. The number of aromatic nitrogens is 2. The van der Waals surface area contributed by atoms with Gasteiger partial charge in [0.1, 0.15) is 13.2 Å². The predicted molar refractivity (Wildman–Crippen MR) is 127 cm³/mol. The minimum Gasteiger partial charge on any atom is -0.472 e. The fourth-order valence-electron chi connectivity index (χ4n) is 4.11. The molecule has 0 spiro atoms. The Morgan fingerprint density at radius 2 is 1.90 bits per heavy atom. The molecule has 0 radical (unpaired) electrons. The van der Waals surface area contributed by atoms with E-state index in [1.165, 1.54) is 36.4 Å². The molecule has 0 aliphatic carbocycles. The number of aryl methyl sites for hydroxylation is 1. The third-order valence-electron chi connectivity index (χ3n) is 6.06. The van der Waals surface area contributed by atoms with Gasteiger partial charge in [0.05, 0.1) is 25.8 Å². The van der Waals surface area contributed by atoms with Gasteiger partial charge in [0.15, 0.2) is 0 Å². The molecule has 30 heavy (non-hydrogen) atoms. The molecule has 1 fully saturated rings. The molecule has 1 aromatic heterocycles. The number of hydrogen-bond acceptors (Lipinski definition) is 5. The van der Waals surface area contributed by atoms with Gasteiger partial charge in [-0.3, -0.25) is 0 Å². The number of benzene rings is 1. The highest BCUT2D eigenvalue weighted by molar-refractivity contribution is 7.98. The summed E-state index contributed by atoms with van der Waals surface area (Å²) in [7, 11) is 2.33. The predicted octanol–water partition coefficient (Wildman–Crippen LogP) is 5.41. The number of thioether (sulfide) groups is 1. The van der Waals surface area contributed by atoms with Crippen LogP contribution in [-0.2, 0) is 0 Å². The summed E-state index contributed by atoms with van der Waals surface area (Å²) in [5.41, 5.74) is 3.44. The average molecular weight is 430 g/mol. The molecule has 0 saturated carbocycles. The van der Waals surface area contributed by atoms with Crippen molar-refractivity contribution >= 4 is 23.4 Å². The summed E-state index contributed by atoms with van der Waals surface area (Å²) in [6.07, 6.45) is 4.78. The highest BCUT2D eigenvalue weighted by atomic mass is 32.2. The van der Waals surface area contributed by atoms with E-state index >= 15 is 0 Å². The number of likely N-dealkylation sites (tertiary alicyclic amines) is 1. The van der Waals surface area contributed by atoms with E-state index in [1.807, 2.05) is 13.0 Å². The summed E-state index contributed by atoms with van der Waals surface area (Å²) in [6, 6.07) is 8.66. The standard InChI is InChI=1S/C24H37N4OS/c1-7-27(21-11-10-20(18(2)3)17-22(21)30-6)24-25-19(4)16-23(26-24)29-15-14-28(5)12-8-9-13-28/h10-11,16-18H,7-9,12-15H2,1-6H3/q+1. The molecule has 164 valence electrons. The number of nitrogens with zero attached hydrogens (tertiary/aromatic N) is 4. The highest BCUT2D eigenvalue weighted by Gasteiger charge is 2.26. The zero-order valence-electron chi connectivity index (χ0n) is 19.4. The third kappa shape index (κ3) is 5.46. The number of anilines is 2. The Balaban J connectivity index is 1.81. The van der Waals surface area contributed by atoms with Gasteiger partial charge in [-0.2, -0.15) is 4.98 Å². The molecule has 0 atom stereocenters. The van der Waals surface area contributed by atoms with Crippen molar-refractivity contribution in [2.45, 2.75) is 51.3 Å². The lowest BCUT2D eigenvalue weighted by Gasteiger charge is -2.29. The van der Waals surface area contributed by atoms with Crippen molar-refractivity contribution in [3.05, 3.63) is 35.5 Å². The van der Waals surface area contributed by atoms with Crippen LogP contribution in [-0.4, -0.2) is 60.5 Å². The lowest BCUT2D eigenvalue weighted by molar-refractivity contribution is -0.897. The number of rotatable bonds is 9. The van der Waals surface area contributed by atoms with E-state index in [1.54, 1.807) is 11.8 Å². The summed E-state index contributed by atoms with van der Waals surface area (Å²) in [6.45, 7) is 13.6. The van der Waals surface area contributed by atoms with Crippen LogP contribution in [0.3, 0.4) is 0 Å². The smallest absolute Gasteiger partial charge is 0.233 e. The molecule has 6 heteroatoms. The zero-order chi connectivity index (χ0) is 21.7. The van der Waals surface area contributed by atoms with Crippen molar-refractivity contribution in [1.29, 1.82) is 0 Å². The monoisotopic (exact) mass is 429 g/mol.